The monoisotopic (exact) mass is 473 g/mol. The summed E-state index contributed by atoms with van der Waals surface area (Å²) in [5, 5.41) is 22.7. The van der Waals surface area contributed by atoms with Crippen molar-refractivity contribution in [2.75, 3.05) is 49.5 Å². The number of aromatic carboxylic acids is 1. The Balaban J connectivity index is 1.45. The van der Waals surface area contributed by atoms with Crippen LogP contribution in [0.15, 0.2) is 24.4 Å². The fourth-order valence-electron chi connectivity index (χ4n) is 4.85. The van der Waals surface area contributed by atoms with Gasteiger partial charge in [-0.1, -0.05) is 23.7 Å². The van der Waals surface area contributed by atoms with Gasteiger partial charge in [0.1, 0.15) is 11.4 Å². The minimum atomic E-state index is -1.07. The van der Waals surface area contributed by atoms with Crippen LogP contribution in [0.5, 0.6) is 0 Å². The van der Waals surface area contributed by atoms with E-state index in [1.54, 1.807) is 0 Å². The van der Waals surface area contributed by atoms with E-state index in [9.17, 15) is 15.0 Å². The van der Waals surface area contributed by atoms with E-state index >= 15 is 0 Å². The Morgan fingerprint density at radius 3 is 2.79 bits per heavy atom. The molecule has 0 bridgehead atoms. The number of halogens is 1. The van der Waals surface area contributed by atoms with Gasteiger partial charge < -0.3 is 25.3 Å². The number of aromatic nitrogens is 2. The van der Waals surface area contributed by atoms with Crippen molar-refractivity contribution in [3.05, 3.63) is 46.1 Å². The molecule has 2 saturated heterocycles. The number of hydrogen-bond acceptors (Lipinski definition) is 7. The molecule has 2 atom stereocenters. The van der Waals surface area contributed by atoms with Crippen molar-refractivity contribution >= 4 is 29.3 Å². The largest absolute Gasteiger partial charge is 0.477 e. The number of benzene rings is 1. The first-order chi connectivity index (χ1) is 15.9. The molecule has 9 heteroatoms. The maximum atomic E-state index is 11.8. The van der Waals surface area contributed by atoms with Gasteiger partial charge in [-0.05, 0) is 62.3 Å². The van der Waals surface area contributed by atoms with Crippen LogP contribution < -0.4 is 10.2 Å². The van der Waals surface area contributed by atoms with Gasteiger partial charge >= 0.3 is 5.97 Å². The number of nitrogens with zero attached hydrogens (tertiary/aromatic N) is 4. The number of rotatable bonds is 8. The average Bonchev–Trinajstić information content (AvgIpc) is 2.73. The predicted octanol–water partition coefficient (Wildman–Crippen LogP) is 3.45. The van der Waals surface area contributed by atoms with Crippen molar-refractivity contribution in [3.8, 4) is 0 Å². The number of anilines is 2. The molecule has 0 amide bonds. The Morgan fingerprint density at radius 1 is 1.30 bits per heavy atom. The first-order valence-corrected chi connectivity index (χ1v) is 11.9. The van der Waals surface area contributed by atoms with Gasteiger partial charge in [-0.3, -0.25) is 0 Å². The van der Waals surface area contributed by atoms with Crippen LogP contribution >= 0.6 is 11.6 Å². The first kappa shape index (κ1) is 23.7. The van der Waals surface area contributed by atoms with Crippen LogP contribution in [0, 0.1) is 18.8 Å². The summed E-state index contributed by atoms with van der Waals surface area (Å²) in [5.41, 5.74) is 1.99. The molecule has 0 spiro atoms. The van der Waals surface area contributed by atoms with Crippen LogP contribution in [-0.2, 0) is 0 Å². The van der Waals surface area contributed by atoms with E-state index < -0.39 is 5.97 Å². The summed E-state index contributed by atoms with van der Waals surface area (Å²) >= 11 is 6.41. The SMILES string of the molecule is Cc1ccc([C@@H](C)Nc2nc(N3CC([C@H]4CCCN(CCO)C4)C3)ncc2C(=O)O)c(Cl)c1. The number of aliphatic hydroxyl groups is 1. The lowest BCUT2D eigenvalue weighted by Crippen LogP contribution is -2.54. The summed E-state index contributed by atoms with van der Waals surface area (Å²) in [4.78, 5) is 25.2. The average molecular weight is 474 g/mol. The normalized spacial score (nSPS) is 20.4. The molecule has 0 aliphatic carbocycles. The highest BCUT2D eigenvalue weighted by atomic mass is 35.5. The summed E-state index contributed by atoms with van der Waals surface area (Å²) in [6, 6.07) is 5.60. The molecule has 0 unspecified atom stereocenters. The standard InChI is InChI=1S/C24H32ClN5O3/c1-15-5-6-19(21(25)10-15)16(2)27-22-20(23(32)33)11-26-24(28-22)30-13-18(14-30)17-4-3-7-29(12-17)8-9-31/h5-6,10-11,16-18,31H,3-4,7-9,12-14H2,1-2H3,(H,32,33)(H,26,27,28)/t16-,17+/m1/s1. The van der Waals surface area contributed by atoms with Crippen LogP contribution in [-0.4, -0.2) is 70.4 Å². The summed E-state index contributed by atoms with van der Waals surface area (Å²) in [5.74, 6) is 0.951. The second-order valence-corrected chi connectivity index (χ2v) is 9.63. The van der Waals surface area contributed by atoms with Gasteiger partial charge in [0.25, 0.3) is 0 Å². The molecule has 33 heavy (non-hydrogen) atoms. The van der Waals surface area contributed by atoms with Gasteiger partial charge in [0.05, 0.1) is 12.6 Å². The maximum absolute atomic E-state index is 11.8. The molecule has 2 fully saturated rings. The van der Waals surface area contributed by atoms with Gasteiger partial charge in [0, 0.05) is 37.4 Å². The lowest BCUT2D eigenvalue weighted by Gasteiger charge is -2.46. The third-order valence-electron chi connectivity index (χ3n) is 6.80. The van der Waals surface area contributed by atoms with Crippen LogP contribution in [0.25, 0.3) is 0 Å². The van der Waals surface area contributed by atoms with E-state index in [-0.39, 0.29) is 18.2 Å². The molecule has 1 aromatic heterocycles. The van der Waals surface area contributed by atoms with Crippen LogP contribution in [0.1, 0.15) is 47.3 Å². The Hall–Kier alpha value is -2.42. The van der Waals surface area contributed by atoms with Crippen LogP contribution in [0.2, 0.25) is 5.02 Å². The van der Waals surface area contributed by atoms with Crippen LogP contribution in [0.4, 0.5) is 11.8 Å². The van der Waals surface area contributed by atoms with Gasteiger partial charge in [-0.15, -0.1) is 0 Å². The highest BCUT2D eigenvalue weighted by Gasteiger charge is 2.37. The zero-order valence-corrected chi connectivity index (χ0v) is 19.9. The van der Waals surface area contributed by atoms with Crippen molar-refractivity contribution in [1.82, 2.24) is 14.9 Å². The number of aryl methyl sites for hydroxylation is 1. The summed E-state index contributed by atoms with van der Waals surface area (Å²) in [7, 11) is 0. The van der Waals surface area contributed by atoms with Gasteiger partial charge in [0.2, 0.25) is 5.95 Å². The number of carbonyl (C=O) groups is 1. The Morgan fingerprint density at radius 2 is 2.09 bits per heavy atom. The van der Waals surface area contributed by atoms with Crippen molar-refractivity contribution in [3.63, 3.8) is 0 Å². The van der Waals surface area contributed by atoms with Gasteiger partial charge in [-0.2, -0.15) is 4.98 Å². The molecule has 3 N–H and O–H groups in total. The van der Waals surface area contributed by atoms with E-state index in [2.05, 4.69) is 25.1 Å². The van der Waals surface area contributed by atoms with Crippen molar-refractivity contribution in [2.45, 2.75) is 32.7 Å². The molecule has 4 rings (SSSR count). The quantitative estimate of drug-likeness (QED) is 0.535. The fraction of sp³-hybridized carbons (Fsp3) is 0.542. The second-order valence-electron chi connectivity index (χ2n) is 9.22. The lowest BCUT2D eigenvalue weighted by molar-refractivity contribution is 0.0697. The molecule has 8 nitrogen and oxygen atoms in total. The van der Waals surface area contributed by atoms with E-state index in [1.165, 1.54) is 19.0 Å². The molecule has 3 heterocycles. The number of nitrogens with one attached hydrogen (secondary N) is 1. The summed E-state index contributed by atoms with van der Waals surface area (Å²) in [6.07, 6.45) is 3.76. The number of β-amino-alcohol motifs (C(OH)–C–C–N with tert-alkyl or cyclic N) is 1. The topological polar surface area (TPSA) is 102 Å². The maximum Gasteiger partial charge on any atom is 0.341 e. The van der Waals surface area contributed by atoms with E-state index in [1.807, 2.05) is 32.0 Å². The number of carboxylic acids is 1. The molecule has 178 valence electrons. The molecule has 2 aliphatic heterocycles. The van der Waals surface area contributed by atoms with E-state index in [4.69, 9.17) is 11.6 Å². The molecular formula is C24H32ClN5O3. The molecule has 0 saturated carbocycles. The third kappa shape index (κ3) is 5.39. The van der Waals surface area contributed by atoms with Crippen molar-refractivity contribution in [2.24, 2.45) is 11.8 Å². The smallest absolute Gasteiger partial charge is 0.341 e. The van der Waals surface area contributed by atoms with Gasteiger partial charge in [-0.25, -0.2) is 9.78 Å². The minimum absolute atomic E-state index is 0.0397. The highest BCUT2D eigenvalue weighted by molar-refractivity contribution is 6.31. The van der Waals surface area contributed by atoms with Crippen molar-refractivity contribution < 1.29 is 15.0 Å². The van der Waals surface area contributed by atoms with Gasteiger partial charge in [0.15, 0.2) is 0 Å². The molecule has 2 aliphatic rings. The lowest BCUT2D eigenvalue weighted by atomic mass is 9.81. The summed E-state index contributed by atoms with van der Waals surface area (Å²) < 4.78 is 0. The van der Waals surface area contributed by atoms with Crippen LogP contribution in [0.3, 0.4) is 0 Å². The zero-order valence-electron chi connectivity index (χ0n) is 19.2. The number of carboxylic acid groups (broad SMARTS) is 1. The van der Waals surface area contributed by atoms with E-state index in [0.717, 1.165) is 43.9 Å². The minimum Gasteiger partial charge on any atom is -0.477 e. The zero-order chi connectivity index (χ0) is 23.5. The highest BCUT2D eigenvalue weighted by Crippen LogP contribution is 2.34. The summed E-state index contributed by atoms with van der Waals surface area (Å²) in [6.45, 7) is 8.67. The molecule has 0 radical (unpaired) electrons. The Kier molecular flexibility index (Phi) is 7.36. The van der Waals surface area contributed by atoms with E-state index in [0.29, 0.717) is 28.6 Å². The number of hydrogen-bond donors (Lipinski definition) is 3. The third-order valence-corrected chi connectivity index (χ3v) is 7.13. The fourth-order valence-corrected chi connectivity index (χ4v) is 5.25. The Labute approximate surface area is 199 Å². The van der Waals surface area contributed by atoms with Crippen molar-refractivity contribution in [1.29, 1.82) is 0 Å². The molecule has 1 aromatic carbocycles. The number of aliphatic hydroxyl groups excluding tert-OH is 1. The Bertz CT molecular complexity index is 996. The predicted molar refractivity (Wildman–Crippen MR) is 129 cm³/mol. The molecule has 2 aromatic rings. The first-order valence-electron chi connectivity index (χ1n) is 11.6. The second kappa shape index (κ2) is 10.2. The number of piperidine rings is 1. The number of likely N-dealkylation sites (tertiary alicyclic amines) is 1. The molecular weight excluding hydrogens is 442 g/mol.